The van der Waals surface area contributed by atoms with Crippen LogP contribution in [-0.4, -0.2) is 13.3 Å². The van der Waals surface area contributed by atoms with Crippen molar-refractivity contribution >= 4 is 22.1 Å². The molecule has 0 amide bonds. The molecule has 30 heavy (non-hydrogen) atoms. The second kappa shape index (κ2) is 10.4. The van der Waals surface area contributed by atoms with Gasteiger partial charge >= 0.3 is 0 Å². The van der Waals surface area contributed by atoms with Crippen molar-refractivity contribution in [1.29, 1.82) is 5.26 Å². The first-order valence-electron chi connectivity index (χ1n) is 8.99. The minimum absolute atomic E-state index is 0.0660. The van der Waals surface area contributed by atoms with E-state index in [0.717, 1.165) is 5.56 Å². The predicted octanol–water partition coefficient (Wildman–Crippen LogP) is 5.60. The summed E-state index contributed by atoms with van der Waals surface area (Å²) < 4.78 is 25.6. The SMILES string of the molecule is COc1cc(/C=N\OCc2ccccc2C#N)cc(Br)c1OCc1ccccc1F. The molecule has 3 rings (SSSR count). The van der Waals surface area contributed by atoms with Gasteiger partial charge in [-0.05, 0) is 40.2 Å². The van der Waals surface area contributed by atoms with Crippen molar-refractivity contribution in [3.8, 4) is 17.6 Å². The summed E-state index contributed by atoms with van der Waals surface area (Å²) in [6.07, 6.45) is 1.53. The first-order valence-corrected chi connectivity index (χ1v) is 9.78. The maximum atomic E-state index is 13.8. The fourth-order valence-corrected chi connectivity index (χ4v) is 3.25. The lowest BCUT2D eigenvalue weighted by molar-refractivity contribution is 0.132. The van der Waals surface area contributed by atoms with Crippen LogP contribution in [0.3, 0.4) is 0 Å². The molecule has 0 heterocycles. The largest absolute Gasteiger partial charge is 0.493 e. The second-order valence-corrected chi connectivity index (χ2v) is 7.05. The lowest BCUT2D eigenvalue weighted by Gasteiger charge is -2.13. The Labute approximate surface area is 182 Å². The van der Waals surface area contributed by atoms with Gasteiger partial charge in [-0.3, -0.25) is 0 Å². The molecular formula is C23H18BrFN2O3. The summed E-state index contributed by atoms with van der Waals surface area (Å²) in [5.41, 5.74) is 2.47. The fourth-order valence-electron chi connectivity index (χ4n) is 2.68. The Hall–Kier alpha value is -3.37. The molecule has 3 aromatic carbocycles. The van der Waals surface area contributed by atoms with Crippen molar-refractivity contribution in [3.05, 3.63) is 93.2 Å². The van der Waals surface area contributed by atoms with Gasteiger partial charge in [-0.25, -0.2) is 4.39 Å². The van der Waals surface area contributed by atoms with Crippen LogP contribution in [0, 0.1) is 17.1 Å². The number of nitrogens with zero attached hydrogens (tertiary/aromatic N) is 2. The number of benzene rings is 3. The number of hydrogen-bond acceptors (Lipinski definition) is 5. The average molecular weight is 469 g/mol. The molecule has 152 valence electrons. The average Bonchev–Trinajstić information content (AvgIpc) is 2.77. The zero-order chi connectivity index (χ0) is 21.3. The van der Waals surface area contributed by atoms with Gasteiger partial charge in [-0.1, -0.05) is 41.6 Å². The molecule has 0 radical (unpaired) electrons. The number of halogens is 2. The van der Waals surface area contributed by atoms with Crippen LogP contribution in [0.15, 0.2) is 70.3 Å². The van der Waals surface area contributed by atoms with E-state index in [1.165, 1.54) is 19.4 Å². The molecule has 0 spiro atoms. The van der Waals surface area contributed by atoms with Crippen molar-refractivity contribution in [2.24, 2.45) is 5.16 Å². The zero-order valence-electron chi connectivity index (χ0n) is 16.1. The lowest BCUT2D eigenvalue weighted by Crippen LogP contribution is -2.01. The Morgan fingerprint density at radius 1 is 1.07 bits per heavy atom. The van der Waals surface area contributed by atoms with E-state index in [-0.39, 0.29) is 19.0 Å². The van der Waals surface area contributed by atoms with Gasteiger partial charge in [-0.2, -0.15) is 5.26 Å². The standard InChI is InChI=1S/C23H18BrFN2O3/c1-28-22-11-16(13-27-30-15-18-7-3-2-6-17(18)12-26)10-20(24)23(22)29-14-19-8-4-5-9-21(19)25/h2-11,13H,14-15H2,1H3/b27-13-. The maximum Gasteiger partial charge on any atom is 0.175 e. The Kier molecular flexibility index (Phi) is 7.41. The molecule has 0 aromatic heterocycles. The van der Waals surface area contributed by atoms with Crippen molar-refractivity contribution in [2.75, 3.05) is 7.11 Å². The van der Waals surface area contributed by atoms with Gasteiger partial charge in [0.05, 0.1) is 29.4 Å². The van der Waals surface area contributed by atoms with Crippen molar-refractivity contribution in [2.45, 2.75) is 13.2 Å². The summed E-state index contributed by atoms with van der Waals surface area (Å²) >= 11 is 3.46. The predicted molar refractivity (Wildman–Crippen MR) is 115 cm³/mol. The van der Waals surface area contributed by atoms with Gasteiger partial charge in [-0.15, -0.1) is 0 Å². The van der Waals surface area contributed by atoms with E-state index in [4.69, 9.17) is 19.6 Å². The van der Waals surface area contributed by atoms with E-state index in [2.05, 4.69) is 27.2 Å². The van der Waals surface area contributed by atoms with Crippen LogP contribution in [0.1, 0.15) is 22.3 Å². The van der Waals surface area contributed by atoms with Gasteiger partial charge < -0.3 is 14.3 Å². The Morgan fingerprint density at radius 2 is 1.80 bits per heavy atom. The summed E-state index contributed by atoms with van der Waals surface area (Å²) in [5, 5.41) is 13.1. The normalized spacial score (nSPS) is 10.6. The van der Waals surface area contributed by atoms with Crippen LogP contribution in [0.5, 0.6) is 11.5 Å². The van der Waals surface area contributed by atoms with E-state index >= 15 is 0 Å². The highest BCUT2D eigenvalue weighted by molar-refractivity contribution is 9.10. The van der Waals surface area contributed by atoms with Gasteiger partial charge in [0.25, 0.3) is 0 Å². The van der Waals surface area contributed by atoms with Gasteiger partial charge in [0.1, 0.15) is 19.0 Å². The molecule has 3 aromatic rings. The number of methoxy groups -OCH3 is 1. The fraction of sp³-hybridized carbons (Fsp3) is 0.130. The Morgan fingerprint density at radius 3 is 2.53 bits per heavy atom. The third kappa shape index (κ3) is 5.37. The Bertz CT molecular complexity index is 1100. The highest BCUT2D eigenvalue weighted by Gasteiger charge is 2.12. The molecule has 0 atom stereocenters. The molecule has 0 saturated heterocycles. The first-order chi connectivity index (χ1) is 14.6. The summed E-state index contributed by atoms with van der Waals surface area (Å²) in [7, 11) is 1.52. The molecule has 0 aliphatic heterocycles. The lowest BCUT2D eigenvalue weighted by atomic mass is 10.1. The number of hydrogen-bond donors (Lipinski definition) is 0. The molecule has 0 bridgehead atoms. The molecule has 0 aliphatic carbocycles. The second-order valence-electron chi connectivity index (χ2n) is 6.19. The van der Waals surface area contributed by atoms with Crippen LogP contribution in [0.4, 0.5) is 4.39 Å². The minimum Gasteiger partial charge on any atom is -0.493 e. The first kappa shape index (κ1) is 21.3. The van der Waals surface area contributed by atoms with Crippen LogP contribution in [-0.2, 0) is 18.1 Å². The summed E-state index contributed by atoms with van der Waals surface area (Å²) in [5.74, 6) is 0.602. The van der Waals surface area contributed by atoms with E-state index < -0.39 is 0 Å². The van der Waals surface area contributed by atoms with Crippen LogP contribution in [0.2, 0.25) is 0 Å². The molecule has 5 nitrogen and oxygen atoms in total. The maximum absolute atomic E-state index is 13.8. The van der Waals surface area contributed by atoms with Crippen LogP contribution < -0.4 is 9.47 Å². The highest BCUT2D eigenvalue weighted by atomic mass is 79.9. The summed E-state index contributed by atoms with van der Waals surface area (Å²) in [6, 6.07) is 19.3. The molecule has 0 fully saturated rings. The Balaban J connectivity index is 1.68. The monoisotopic (exact) mass is 468 g/mol. The number of ether oxygens (including phenoxy) is 2. The van der Waals surface area contributed by atoms with E-state index in [1.807, 2.05) is 12.1 Å². The van der Waals surface area contributed by atoms with Crippen molar-refractivity contribution in [3.63, 3.8) is 0 Å². The molecule has 0 saturated carbocycles. The number of oxime groups is 1. The molecular weight excluding hydrogens is 451 g/mol. The zero-order valence-corrected chi connectivity index (χ0v) is 17.7. The third-order valence-electron chi connectivity index (χ3n) is 4.22. The summed E-state index contributed by atoms with van der Waals surface area (Å²) in [4.78, 5) is 5.32. The highest BCUT2D eigenvalue weighted by Crippen LogP contribution is 2.37. The van der Waals surface area contributed by atoms with E-state index in [1.54, 1.807) is 42.5 Å². The third-order valence-corrected chi connectivity index (χ3v) is 4.80. The number of rotatable bonds is 8. The minimum atomic E-state index is -0.327. The van der Waals surface area contributed by atoms with Gasteiger partial charge in [0, 0.05) is 16.7 Å². The number of nitriles is 1. The van der Waals surface area contributed by atoms with E-state index in [0.29, 0.717) is 32.7 Å². The van der Waals surface area contributed by atoms with Gasteiger partial charge in [0.15, 0.2) is 11.5 Å². The molecule has 0 N–H and O–H groups in total. The topological polar surface area (TPSA) is 63.8 Å². The van der Waals surface area contributed by atoms with E-state index in [9.17, 15) is 4.39 Å². The molecule has 0 aliphatic rings. The molecule has 0 unspecified atom stereocenters. The quantitative estimate of drug-likeness (QED) is 0.318. The van der Waals surface area contributed by atoms with Gasteiger partial charge in [0.2, 0.25) is 0 Å². The van der Waals surface area contributed by atoms with Crippen LogP contribution >= 0.6 is 15.9 Å². The van der Waals surface area contributed by atoms with Crippen molar-refractivity contribution < 1.29 is 18.7 Å². The summed E-state index contributed by atoms with van der Waals surface area (Å²) in [6.45, 7) is 0.249. The smallest absolute Gasteiger partial charge is 0.175 e. The molecule has 7 heteroatoms. The van der Waals surface area contributed by atoms with Crippen LogP contribution in [0.25, 0.3) is 0 Å². The van der Waals surface area contributed by atoms with Crippen molar-refractivity contribution in [1.82, 2.24) is 0 Å².